The van der Waals surface area contributed by atoms with Crippen molar-refractivity contribution in [1.82, 2.24) is 14.4 Å². The average Bonchev–Trinajstić information content (AvgIpc) is 3.08. The van der Waals surface area contributed by atoms with Crippen molar-refractivity contribution in [3.05, 3.63) is 51.7 Å². The molecule has 0 spiro atoms. The van der Waals surface area contributed by atoms with Crippen molar-refractivity contribution in [3.63, 3.8) is 0 Å². The van der Waals surface area contributed by atoms with Crippen molar-refractivity contribution in [2.75, 3.05) is 0 Å². The van der Waals surface area contributed by atoms with Crippen molar-refractivity contribution in [3.8, 4) is 0 Å². The topological polar surface area (TPSA) is 47.3 Å². The van der Waals surface area contributed by atoms with Crippen molar-refractivity contribution < 1.29 is 0 Å². The first-order valence-corrected chi connectivity index (χ1v) is 10.6. The number of fused-ring (bicyclic) bond motifs is 9. The molecule has 0 aliphatic heterocycles. The molecule has 148 valence electrons. The number of hydrogen-bond donors (Lipinski definition) is 0. The second kappa shape index (κ2) is 6.13. The molecular weight excluding hydrogens is 346 g/mol. The van der Waals surface area contributed by atoms with Gasteiger partial charge in [-0.25, -0.2) is 0 Å². The smallest absolute Gasteiger partial charge is 0.277 e. The molecule has 4 nitrogen and oxygen atoms in total. The molecule has 1 saturated carbocycles. The van der Waals surface area contributed by atoms with Gasteiger partial charge in [0.1, 0.15) is 0 Å². The van der Waals surface area contributed by atoms with Gasteiger partial charge in [0.15, 0.2) is 5.65 Å². The molecule has 5 rings (SSSR count). The Kier molecular flexibility index (Phi) is 4.18. The van der Waals surface area contributed by atoms with Crippen LogP contribution in [0.1, 0.15) is 84.2 Å². The van der Waals surface area contributed by atoms with Crippen molar-refractivity contribution >= 4 is 16.6 Å². The van der Waals surface area contributed by atoms with Crippen LogP contribution in [0, 0.1) is 5.92 Å². The Morgan fingerprint density at radius 2 is 1.86 bits per heavy atom. The van der Waals surface area contributed by atoms with Crippen LogP contribution in [0.3, 0.4) is 0 Å². The van der Waals surface area contributed by atoms with Crippen LogP contribution in [0.25, 0.3) is 16.6 Å². The molecule has 3 aromatic rings. The van der Waals surface area contributed by atoms with Crippen LogP contribution in [0.15, 0.2) is 29.2 Å². The third kappa shape index (κ3) is 2.39. The minimum atomic E-state index is -0.0346. The second-order valence-corrected chi connectivity index (χ2v) is 9.42. The van der Waals surface area contributed by atoms with E-state index in [9.17, 15) is 4.79 Å². The number of hydrogen-bond acceptors (Lipinski definition) is 3. The summed E-state index contributed by atoms with van der Waals surface area (Å²) in [6.45, 7) is 15.1. The Balaban J connectivity index is 0.000000932. The van der Waals surface area contributed by atoms with E-state index < -0.39 is 0 Å². The van der Waals surface area contributed by atoms with Gasteiger partial charge < -0.3 is 4.40 Å². The molecule has 3 atom stereocenters. The molecule has 0 saturated heterocycles. The highest BCUT2D eigenvalue weighted by molar-refractivity contribution is 5.91. The van der Waals surface area contributed by atoms with Gasteiger partial charge in [0.2, 0.25) is 0 Å². The van der Waals surface area contributed by atoms with E-state index in [1.165, 1.54) is 5.69 Å². The summed E-state index contributed by atoms with van der Waals surface area (Å²) in [7, 11) is 0. The van der Waals surface area contributed by atoms with Gasteiger partial charge in [-0.1, -0.05) is 48.5 Å². The van der Waals surface area contributed by atoms with Gasteiger partial charge in [0.25, 0.3) is 5.56 Å². The van der Waals surface area contributed by atoms with Gasteiger partial charge in [0.05, 0.1) is 5.52 Å². The zero-order valence-corrected chi connectivity index (χ0v) is 18.1. The fraction of sp³-hybridized carbons (Fsp3) is 0.542. The van der Waals surface area contributed by atoms with E-state index in [0.717, 1.165) is 40.6 Å². The minimum Gasteiger partial charge on any atom is -0.304 e. The molecule has 0 N–H and O–H groups in total. The highest BCUT2D eigenvalue weighted by Crippen LogP contribution is 2.59. The Bertz CT molecular complexity index is 1140. The Morgan fingerprint density at radius 1 is 1.14 bits per heavy atom. The first-order valence-electron chi connectivity index (χ1n) is 10.6. The Morgan fingerprint density at radius 3 is 2.54 bits per heavy atom. The van der Waals surface area contributed by atoms with Crippen LogP contribution in [0.5, 0.6) is 0 Å². The molecule has 0 radical (unpaired) electrons. The van der Waals surface area contributed by atoms with Gasteiger partial charge >= 0.3 is 0 Å². The van der Waals surface area contributed by atoms with Crippen molar-refractivity contribution in [2.24, 2.45) is 5.92 Å². The van der Waals surface area contributed by atoms with E-state index in [-0.39, 0.29) is 16.4 Å². The molecule has 0 aromatic carbocycles. The molecule has 2 bridgehead atoms. The number of rotatable bonds is 0. The summed E-state index contributed by atoms with van der Waals surface area (Å²) < 4.78 is 2.17. The fourth-order valence-electron chi connectivity index (χ4n) is 5.26. The summed E-state index contributed by atoms with van der Waals surface area (Å²) in [6.07, 6.45) is 4.33. The van der Waals surface area contributed by atoms with Gasteiger partial charge in [-0.3, -0.25) is 9.78 Å². The van der Waals surface area contributed by atoms with Crippen LogP contribution in [-0.2, 0) is 10.8 Å². The first-order chi connectivity index (χ1) is 13.2. The standard InChI is InChI=1S/C22H25N3O.C2H6/c1-12-13-8-10-22(12,5)18-17(13)20(26)24-19-14-6-7-16(21(2,3)4)23-15(14)9-11-25(18)19;1-2/h6-7,9,11-13H,8,10H2,1-5H3;1-2H3. The molecule has 3 unspecified atom stereocenters. The predicted octanol–water partition coefficient (Wildman–Crippen LogP) is 5.35. The third-order valence-corrected chi connectivity index (χ3v) is 6.97. The molecule has 2 aliphatic carbocycles. The van der Waals surface area contributed by atoms with E-state index >= 15 is 0 Å². The molecule has 3 aromatic heterocycles. The molecule has 0 amide bonds. The highest BCUT2D eigenvalue weighted by Gasteiger charge is 2.54. The molecule has 2 aliphatic rings. The zero-order chi connectivity index (χ0) is 20.4. The van der Waals surface area contributed by atoms with Crippen molar-refractivity contribution in [1.29, 1.82) is 0 Å². The van der Waals surface area contributed by atoms with E-state index in [0.29, 0.717) is 11.8 Å². The summed E-state index contributed by atoms with van der Waals surface area (Å²) in [5.74, 6) is 0.867. The number of pyridine rings is 2. The number of aromatic nitrogens is 3. The lowest BCUT2D eigenvalue weighted by molar-refractivity contribution is 0.375. The van der Waals surface area contributed by atoms with E-state index in [1.807, 2.05) is 13.8 Å². The third-order valence-electron chi connectivity index (χ3n) is 6.97. The predicted molar refractivity (Wildman–Crippen MR) is 115 cm³/mol. The highest BCUT2D eigenvalue weighted by atomic mass is 16.1. The van der Waals surface area contributed by atoms with Gasteiger partial charge in [0, 0.05) is 39.4 Å². The molecular formula is C24H31N3O. The summed E-state index contributed by atoms with van der Waals surface area (Å²) in [4.78, 5) is 22.3. The summed E-state index contributed by atoms with van der Waals surface area (Å²) in [5, 5.41) is 0.958. The minimum absolute atomic E-state index is 0.00654. The van der Waals surface area contributed by atoms with Gasteiger partial charge in [-0.2, -0.15) is 4.98 Å². The maximum Gasteiger partial charge on any atom is 0.277 e. The summed E-state index contributed by atoms with van der Waals surface area (Å²) >= 11 is 0. The maximum atomic E-state index is 12.9. The van der Waals surface area contributed by atoms with Crippen LogP contribution in [0.4, 0.5) is 0 Å². The largest absolute Gasteiger partial charge is 0.304 e. The Labute approximate surface area is 167 Å². The van der Waals surface area contributed by atoms with Crippen molar-refractivity contribution in [2.45, 2.75) is 78.1 Å². The Hall–Kier alpha value is -2.23. The quantitative estimate of drug-likeness (QED) is 0.496. The lowest BCUT2D eigenvalue weighted by Crippen LogP contribution is -2.28. The fourth-order valence-corrected chi connectivity index (χ4v) is 5.26. The van der Waals surface area contributed by atoms with E-state index in [2.05, 4.69) is 68.4 Å². The lowest BCUT2D eigenvalue weighted by atomic mass is 9.81. The van der Waals surface area contributed by atoms with Crippen LogP contribution < -0.4 is 5.56 Å². The first kappa shape index (κ1) is 19.1. The van der Waals surface area contributed by atoms with E-state index in [1.54, 1.807) is 0 Å². The monoisotopic (exact) mass is 377 g/mol. The maximum absolute atomic E-state index is 12.9. The number of nitrogens with zero attached hydrogens (tertiary/aromatic N) is 3. The van der Waals surface area contributed by atoms with E-state index in [4.69, 9.17) is 4.98 Å². The molecule has 28 heavy (non-hydrogen) atoms. The van der Waals surface area contributed by atoms with Crippen LogP contribution in [0.2, 0.25) is 0 Å². The van der Waals surface area contributed by atoms with Gasteiger partial charge in [-0.05, 0) is 42.9 Å². The molecule has 4 heteroatoms. The summed E-state index contributed by atoms with van der Waals surface area (Å²) in [6, 6.07) is 6.22. The second-order valence-electron chi connectivity index (χ2n) is 9.42. The van der Waals surface area contributed by atoms with Crippen LogP contribution in [-0.4, -0.2) is 14.4 Å². The molecule has 3 heterocycles. The zero-order valence-electron chi connectivity index (χ0n) is 18.1. The summed E-state index contributed by atoms with van der Waals surface area (Å²) in [5.41, 5.74) is 4.89. The lowest BCUT2D eigenvalue weighted by Gasteiger charge is -2.28. The molecule has 1 fully saturated rings. The SMILES string of the molecule is CC.CC1C2CCC1(C)c1c2c(=O)nc2c3ccc(C(C)(C)C)nc3ccn12. The van der Waals surface area contributed by atoms with Gasteiger partial charge in [-0.15, -0.1) is 0 Å². The normalized spacial score (nSPS) is 25.7. The van der Waals surface area contributed by atoms with Crippen LogP contribution >= 0.6 is 0 Å². The average molecular weight is 378 g/mol.